The van der Waals surface area contributed by atoms with Crippen LogP contribution in [0.1, 0.15) is 81.9 Å². The van der Waals surface area contributed by atoms with Gasteiger partial charge >= 0.3 is 28.6 Å². The quantitative estimate of drug-likeness (QED) is 0.0262. The molecule has 0 radical (unpaired) electrons. The topological polar surface area (TPSA) is 289 Å². The molecule has 1 aromatic carbocycles. The minimum Gasteiger partial charge on any atom is -0.489 e. The number of oxime groups is 1. The van der Waals surface area contributed by atoms with E-state index in [0.29, 0.717) is 10.4 Å². The van der Waals surface area contributed by atoms with Crippen molar-refractivity contribution in [3.05, 3.63) is 35.5 Å². The zero-order valence-corrected chi connectivity index (χ0v) is 38.6. The third kappa shape index (κ3) is 14.5. The molecule has 0 spiro atoms. The van der Waals surface area contributed by atoms with Gasteiger partial charge in [0.15, 0.2) is 17.9 Å². The Labute approximate surface area is 367 Å². The number of fused-ring (bicyclic) bond motifs is 1. The molecule has 25 heteroatoms. The molecular weight excluding hydrogens is 873 g/mol. The molecule has 23 nitrogen and oxygen atoms in total. The zero-order chi connectivity index (χ0) is 47.5. The minimum atomic E-state index is -5.10. The number of hydroxylamine groups is 2. The molecular formula is C38H55N8O15S2+. The number of esters is 1. The summed E-state index contributed by atoms with van der Waals surface area (Å²) >= 11 is 0.879. The maximum Gasteiger partial charge on any atom is 0.418 e. The van der Waals surface area contributed by atoms with Gasteiger partial charge in [-0.3, -0.25) is 19.5 Å². The van der Waals surface area contributed by atoms with Gasteiger partial charge in [-0.25, -0.2) is 19.4 Å². The van der Waals surface area contributed by atoms with Crippen molar-refractivity contribution in [2.24, 2.45) is 12.2 Å². The summed E-state index contributed by atoms with van der Waals surface area (Å²) in [4.78, 5) is 74.7. The van der Waals surface area contributed by atoms with Gasteiger partial charge in [0.25, 0.3) is 17.9 Å². The van der Waals surface area contributed by atoms with Crippen molar-refractivity contribution in [1.82, 2.24) is 25.4 Å². The Kier molecular flexibility index (Phi) is 15.1. The maximum atomic E-state index is 13.9. The number of hydrogen-bond acceptors (Lipinski definition) is 17. The number of benzene rings is 1. The summed E-state index contributed by atoms with van der Waals surface area (Å²) in [7, 11) is -3.32. The molecule has 0 aliphatic carbocycles. The van der Waals surface area contributed by atoms with Gasteiger partial charge in [0, 0.05) is 18.0 Å². The van der Waals surface area contributed by atoms with E-state index in [1.165, 1.54) is 19.2 Å². The average Bonchev–Trinajstić information content (AvgIpc) is 3.69. The van der Waals surface area contributed by atoms with Crippen LogP contribution in [0, 0.1) is 0 Å². The van der Waals surface area contributed by atoms with Crippen LogP contribution in [0.2, 0.25) is 0 Å². The van der Waals surface area contributed by atoms with Gasteiger partial charge in [0.2, 0.25) is 5.52 Å². The summed E-state index contributed by atoms with van der Waals surface area (Å²) in [5.74, 6) is -2.77. The fourth-order valence-corrected chi connectivity index (χ4v) is 6.76. The number of aryl methyl sites for hydroxylation is 1. The second-order valence-corrected chi connectivity index (χ2v) is 19.6. The van der Waals surface area contributed by atoms with Crippen molar-refractivity contribution < 1.29 is 74.8 Å². The van der Waals surface area contributed by atoms with Crippen molar-refractivity contribution in [3.8, 4) is 5.75 Å². The standard InChI is InChI=1S/C38H54N8O15S2/c1-35(2,3)57-31(50)26(19-56-23-13-14-25-21(15-23)17-45(44(25)12)18-22(47)16-39-33(51)58-36(4,5)6)60-43-27(24-20-62-32(40-24)42-34(52)59-37(7,8)9)29(48)41-28-30(49)46(38(28,10)11)61-63(53,54)55/h13-15,17,20,22,26,28,47H,16,18-19H2,1-12H3,(H3-,39,40,41,42,48,51,52,53,54,55)/p+1/b43-27-. The van der Waals surface area contributed by atoms with E-state index in [4.69, 9.17) is 28.3 Å². The number of aromatic nitrogens is 3. The molecule has 63 heavy (non-hydrogen) atoms. The number of nitrogens with zero attached hydrogens (tertiary/aromatic N) is 5. The van der Waals surface area contributed by atoms with Crippen LogP contribution >= 0.6 is 11.3 Å². The van der Waals surface area contributed by atoms with Gasteiger partial charge in [0.1, 0.15) is 47.4 Å². The SMILES string of the molecule is C[n+]1c2ccc(OCC(O/N=C(\C(=O)NC3C(=O)N(OS(=O)(=O)O)C3(C)C)c3csc(NC(=O)OC(C)(C)C)n3)C(=O)OC(C)(C)C)cc2cn1CC(O)CNC(=O)OC(C)(C)C. The number of amides is 4. The highest BCUT2D eigenvalue weighted by Crippen LogP contribution is 2.33. The molecule has 1 saturated heterocycles. The predicted octanol–water partition coefficient (Wildman–Crippen LogP) is 2.50. The molecule has 4 amide bonds. The van der Waals surface area contributed by atoms with Crippen LogP contribution in [0.15, 0.2) is 34.9 Å². The molecule has 3 atom stereocenters. The summed E-state index contributed by atoms with van der Waals surface area (Å²) in [5, 5.41) is 24.4. The van der Waals surface area contributed by atoms with Crippen molar-refractivity contribution in [2.75, 3.05) is 18.5 Å². The second kappa shape index (κ2) is 19.0. The first-order chi connectivity index (χ1) is 28.8. The number of rotatable bonds is 16. The lowest BCUT2D eigenvalue weighted by Gasteiger charge is -2.50. The van der Waals surface area contributed by atoms with Crippen LogP contribution in [0.4, 0.5) is 14.7 Å². The van der Waals surface area contributed by atoms with E-state index < -0.39 is 93.3 Å². The van der Waals surface area contributed by atoms with Crippen molar-refractivity contribution in [3.63, 3.8) is 0 Å². The zero-order valence-electron chi connectivity index (χ0n) is 37.0. The third-order valence-corrected chi connectivity index (χ3v) is 9.43. The van der Waals surface area contributed by atoms with Crippen LogP contribution < -0.4 is 25.4 Å². The van der Waals surface area contributed by atoms with Gasteiger partial charge in [-0.2, -0.15) is 18.2 Å². The van der Waals surface area contributed by atoms with Crippen molar-refractivity contribution in [2.45, 2.75) is 123 Å². The first-order valence-corrected chi connectivity index (χ1v) is 21.6. The van der Waals surface area contributed by atoms with Gasteiger partial charge in [-0.05, 0) is 88.3 Å². The monoisotopic (exact) mass is 927 g/mol. The summed E-state index contributed by atoms with van der Waals surface area (Å²) in [6.07, 6.45) is -2.34. The largest absolute Gasteiger partial charge is 0.489 e. The molecule has 1 aliphatic heterocycles. The molecule has 5 N–H and O–H groups in total. The second-order valence-electron chi connectivity index (χ2n) is 17.8. The Morgan fingerprint density at radius 3 is 2.21 bits per heavy atom. The lowest BCUT2D eigenvalue weighted by Crippen LogP contribution is -2.76. The Hall–Kier alpha value is -5.63. The van der Waals surface area contributed by atoms with E-state index in [0.717, 1.165) is 16.9 Å². The third-order valence-electron chi connectivity index (χ3n) is 8.33. The highest BCUT2D eigenvalue weighted by molar-refractivity contribution is 7.80. The predicted molar refractivity (Wildman–Crippen MR) is 224 cm³/mol. The summed E-state index contributed by atoms with van der Waals surface area (Å²) in [6.45, 7) is 17.3. The number of anilines is 1. The number of thiazole rings is 1. The van der Waals surface area contributed by atoms with Gasteiger partial charge in [-0.1, -0.05) is 5.16 Å². The summed E-state index contributed by atoms with van der Waals surface area (Å²) < 4.78 is 61.8. The Morgan fingerprint density at radius 2 is 1.62 bits per heavy atom. The summed E-state index contributed by atoms with van der Waals surface area (Å²) in [5.41, 5.74) is -4.08. The van der Waals surface area contributed by atoms with E-state index in [-0.39, 0.29) is 29.7 Å². The number of ether oxygens (including phenoxy) is 4. The molecule has 4 rings (SSSR count). The van der Waals surface area contributed by atoms with Crippen LogP contribution in [0.25, 0.3) is 10.9 Å². The lowest BCUT2D eigenvalue weighted by molar-refractivity contribution is -0.731. The van der Waals surface area contributed by atoms with Crippen LogP contribution in [0.3, 0.4) is 0 Å². The average molecular weight is 928 g/mol. The van der Waals surface area contributed by atoms with Crippen molar-refractivity contribution >= 4 is 73.5 Å². The first kappa shape index (κ1) is 50.0. The van der Waals surface area contributed by atoms with Crippen LogP contribution in [-0.2, 0) is 61.7 Å². The fraction of sp³-hybridized carbons (Fsp3) is 0.579. The molecule has 348 valence electrons. The van der Waals surface area contributed by atoms with E-state index in [9.17, 15) is 37.5 Å². The Bertz CT molecular complexity index is 2340. The van der Waals surface area contributed by atoms with Crippen LogP contribution in [0.5, 0.6) is 5.75 Å². The van der Waals surface area contributed by atoms with Gasteiger partial charge < -0.3 is 39.5 Å². The van der Waals surface area contributed by atoms with Crippen LogP contribution in [-0.4, -0.2) is 122 Å². The molecule has 3 heterocycles. The molecule has 0 bridgehead atoms. The number of β-lactam (4-membered cyclic amide) rings is 1. The normalized spacial score (nSPS) is 16.7. The number of aliphatic hydroxyl groups excluding tert-OH is 1. The molecule has 3 aromatic rings. The van der Waals surface area contributed by atoms with Gasteiger partial charge in [0.05, 0.1) is 23.2 Å². The number of carbonyl (C=O) groups excluding carboxylic acids is 5. The van der Waals surface area contributed by atoms with Crippen molar-refractivity contribution in [1.29, 1.82) is 0 Å². The minimum absolute atomic E-state index is 0.0239. The van der Waals surface area contributed by atoms with E-state index in [1.807, 2.05) is 0 Å². The van der Waals surface area contributed by atoms with E-state index >= 15 is 0 Å². The van der Waals surface area contributed by atoms with E-state index in [1.54, 1.807) is 103 Å². The smallest absolute Gasteiger partial charge is 0.418 e. The number of alkyl carbamates (subject to hydrolysis) is 1. The van der Waals surface area contributed by atoms with Gasteiger partial charge in [-0.15, -0.1) is 20.3 Å². The molecule has 1 fully saturated rings. The first-order valence-electron chi connectivity index (χ1n) is 19.3. The number of aliphatic hydroxyl groups is 1. The molecule has 2 aromatic heterocycles. The fourth-order valence-electron chi connectivity index (χ4n) is 5.63. The highest BCUT2D eigenvalue weighted by atomic mass is 32.3. The highest BCUT2D eigenvalue weighted by Gasteiger charge is 2.58. The number of carbonyl (C=O) groups is 5. The maximum absolute atomic E-state index is 13.9. The number of hydrogen-bond donors (Lipinski definition) is 5. The summed E-state index contributed by atoms with van der Waals surface area (Å²) in [6, 6.07) is 3.63. The molecule has 3 unspecified atom stereocenters. The van der Waals surface area contributed by atoms with E-state index in [2.05, 4.69) is 30.4 Å². The lowest BCUT2D eigenvalue weighted by atomic mass is 9.84. The Morgan fingerprint density at radius 1 is 1.00 bits per heavy atom. The molecule has 1 aliphatic rings. The Balaban J connectivity index is 1.59. The molecule has 0 saturated carbocycles. The number of nitrogens with one attached hydrogen (secondary N) is 3.